The summed E-state index contributed by atoms with van der Waals surface area (Å²) < 4.78 is 14.9. The first-order valence-electron chi connectivity index (χ1n) is 9.02. The number of hydrogen-bond donors (Lipinski definition) is 1. The molecule has 1 N–H and O–H groups in total. The van der Waals surface area contributed by atoms with Crippen LogP contribution in [-0.4, -0.2) is 15.5 Å². The van der Waals surface area contributed by atoms with Gasteiger partial charge in [-0.25, -0.2) is 9.37 Å². The van der Waals surface area contributed by atoms with Crippen LogP contribution in [0.1, 0.15) is 11.1 Å². The number of halogens is 1. The van der Waals surface area contributed by atoms with Crippen LogP contribution in [0.4, 0.5) is 10.1 Å². The van der Waals surface area contributed by atoms with Gasteiger partial charge >= 0.3 is 0 Å². The normalized spacial score (nSPS) is 11.0. The Labute approximate surface area is 170 Å². The van der Waals surface area contributed by atoms with Crippen LogP contribution >= 0.6 is 11.3 Å². The number of rotatable bonds is 4. The smallest absolute Gasteiger partial charge is 0.271 e. The summed E-state index contributed by atoms with van der Waals surface area (Å²) >= 11 is 1.27. The Balaban J connectivity index is 1.60. The Morgan fingerprint density at radius 1 is 1.17 bits per heavy atom. The van der Waals surface area contributed by atoms with Crippen LogP contribution in [-0.2, 0) is 11.3 Å². The summed E-state index contributed by atoms with van der Waals surface area (Å²) in [6.07, 6.45) is 1.38. The first-order valence-corrected chi connectivity index (χ1v) is 9.90. The monoisotopic (exact) mass is 407 g/mol. The second-order valence-corrected chi connectivity index (χ2v) is 7.76. The van der Waals surface area contributed by atoms with Gasteiger partial charge in [-0.15, -0.1) is 11.3 Å². The second-order valence-electron chi connectivity index (χ2n) is 6.88. The quantitative estimate of drug-likeness (QED) is 0.541. The number of carbonyl (C=O) groups excluding carboxylic acids is 1. The molecule has 146 valence electrons. The van der Waals surface area contributed by atoms with Gasteiger partial charge in [-0.2, -0.15) is 0 Å². The molecule has 0 fully saturated rings. The fraction of sp³-hybridized carbons (Fsp3) is 0.136. The Bertz CT molecular complexity index is 1280. The second kappa shape index (κ2) is 7.60. The number of nitrogens with zero attached hydrogens (tertiary/aromatic N) is 2. The zero-order valence-electron chi connectivity index (χ0n) is 15.9. The number of benzene rings is 2. The first-order chi connectivity index (χ1) is 13.9. The summed E-state index contributed by atoms with van der Waals surface area (Å²) in [5.74, 6) is -0.617. The molecule has 7 heteroatoms. The van der Waals surface area contributed by atoms with Crippen molar-refractivity contribution in [3.8, 4) is 11.1 Å². The fourth-order valence-corrected chi connectivity index (χ4v) is 4.16. The Kier molecular flexibility index (Phi) is 4.98. The summed E-state index contributed by atoms with van der Waals surface area (Å²) in [5.41, 5.74) is 4.63. The molecule has 0 aliphatic rings. The minimum Gasteiger partial charge on any atom is -0.324 e. The highest BCUT2D eigenvalue weighted by molar-refractivity contribution is 7.17. The summed E-state index contributed by atoms with van der Waals surface area (Å²) in [5, 5.41) is 4.66. The summed E-state index contributed by atoms with van der Waals surface area (Å²) in [6, 6.07) is 11.8. The highest BCUT2D eigenvalue weighted by Gasteiger charge is 2.14. The van der Waals surface area contributed by atoms with Gasteiger partial charge in [0.05, 0.1) is 11.8 Å². The largest absolute Gasteiger partial charge is 0.324 e. The number of thiophene rings is 1. The Morgan fingerprint density at radius 2 is 1.93 bits per heavy atom. The standard InChI is InChI=1S/C22H18FN3O2S/c1-13-3-8-18(14(2)9-13)25-19(27)10-26-12-24-20-17(11-29-21(20)22(26)28)15-4-6-16(23)7-5-15/h3-9,11-12H,10H2,1-2H3,(H,25,27). The van der Waals surface area contributed by atoms with Crippen LogP contribution in [0.15, 0.2) is 59.0 Å². The van der Waals surface area contributed by atoms with Crippen molar-refractivity contribution < 1.29 is 9.18 Å². The summed E-state index contributed by atoms with van der Waals surface area (Å²) in [7, 11) is 0. The minimum atomic E-state index is -0.321. The topological polar surface area (TPSA) is 64.0 Å². The zero-order chi connectivity index (χ0) is 20.5. The number of anilines is 1. The van der Waals surface area contributed by atoms with Crippen LogP contribution in [0.2, 0.25) is 0 Å². The van der Waals surface area contributed by atoms with Gasteiger partial charge in [-0.05, 0) is 43.2 Å². The third-order valence-corrected chi connectivity index (χ3v) is 5.63. The van der Waals surface area contributed by atoms with E-state index < -0.39 is 0 Å². The van der Waals surface area contributed by atoms with E-state index in [0.29, 0.717) is 10.2 Å². The maximum absolute atomic E-state index is 13.2. The highest BCUT2D eigenvalue weighted by Crippen LogP contribution is 2.30. The third-order valence-electron chi connectivity index (χ3n) is 4.67. The van der Waals surface area contributed by atoms with Crippen molar-refractivity contribution in [1.82, 2.24) is 9.55 Å². The molecule has 0 radical (unpaired) electrons. The van der Waals surface area contributed by atoms with Crippen molar-refractivity contribution in [3.05, 3.63) is 81.5 Å². The summed E-state index contributed by atoms with van der Waals surface area (Å²) in [6.45, 7) is 3.78. The van der Waals surface area contributed by atoms with E-state index in [-0.39, 0.29) is 23.8 Å². The molecule has 4 rings (SSSR count). The fourth-order valence-electron chi connectivity index (χ4n) is 3.19. The van der Waals surface area contributed by atoms with E-state index in [9.17, 15) is 14.0 Å². The number of hydrogen-bond acceptors (Lipinski definition) is 4. The van der Waals surface area contributed by atoms with Gasteiger partial charge in [-0.3, -0.25) is 14.2 Å². The SMILES string of the molecule is Cc1ccc(NC(=O)Cn2cnc3c(-c4ccc(F)cc4)csc3c2=O)c(C)c1. The number of aryl methyl sites for hydroxylation is 2. The van der Waals surface area contributed by atoms with E-state index in [0.717, 1.165) is 27.9 Å². The Morgan fingerprint density at radius 3 is 2.66 bits per heavy atom. The molecule has 4 aromatic rings. The van der Waals surface area contributed by atoms with Crippen molar-refractivity contribution in [2.45, 2.75) is 20.4 Å². The molecule has 2 heterocycles. The van der Waals surface area contributed by atoms with Crippen molar-refractivity contribution in [2.75, 3.05) is 5.32 Å². The lowest BCUT2D eigenvalue weighted by Gasteiger charge is -2.10. The molecule has 2 aromatic heterocycles. The van der Waals surface area contributed by atoms with Gasteiger partial charge in [0.15, 0.2) is 0 Å². The zero-order valence-corrected chi connectivity index (χ0v) is 16.7. The first kappa shape index (κ1) is 19.0. The van der Waals surface area contributed by atoms with Gasteiger partial charge in [0.2, 0.25) is 5.91 Å². The number of carbonyl (C=O) groups is 1. The van der Waals surface area contributed by atoms with E-state index in [1.165, 1.54) is 34.4 Å². The van der Waals surface area contributed by atoms with E-state index in [2.05, 4.69) is 10.3 Å². The molecule has 0 unspecified atom stereocenters. The average molecular weight is 407 g/mol. The third kappa shape index (κ3) is 3.82. The molecule has 0 atom stereocenters. The molecule has 0 aliphatic carbocycles. The molecule has 5 nitrogen and oxygen atoms in total. The van der Waals surface area contributed by atoms with Crippen molar-refractivity contribution in [3.63, 3.8) is 0 Å². The van der Waals surface area contributed by atoms with Gasteiger partial charge in [0.1, 0.15) is 17.1 Å². The molecule has 29 heavy (non-hydrogen) atoms. The Hall–Kier alpha value is -3.32. The highest BCUT2D eigenvalue weighted by atomic mass is 32.1. The van der Waals surface area contributed by atoms with Gasteiger partial charge in [0, 0.05) is 16.6 Å². The van der Waals surface area contributed by atoms with Crippen LogP contribution < -0.4 is 10.9 Å². The lowest BCUT2D eigenvalue weighted by molar-refractivity contribution is -0.116. The van der Waals surface area contributed by atoms with E-state index in [1.807, 2.05) is 37.4 Å². The molecule has 0 spiro atoms. The van der Waals surface area contributed by atoms with E-state index >= 15 is 0 Å². The number of amides is 1. The molecule has 1 amide bonds. The molecular formula is C22H18FN3O2S. The number of fused-ring (bicyclic) bond motifs is 1. The predicted molar refractivity (Wildman–Crippen MR) is 114 cm³/mol. The molecular weight excluding hydrogens is 389 g/mol. The van der Waals surface area contributed by atoms with E-state index in [1.54, 1.807) is 12.1 Å². The van der Waals surface area contributed by atoms with Crippen molar-refractivity contribution in [1.29, 1.82) is 0 Å². The summed E-state index contributed by atoms with van der Waals surface area (Å²) in [4.78, 5) is 29.6. The molecule has 0 saturated heterocycles. The van der Waals surface area contributed by atoms with Gasteiger partial charge in [-0.1, -0.05) is 29.8 Å². The van der Waals surface area contributed by atoms with Crippen LogP contribution in [0.5, 0.6) is 0 Å². The maximum atomic E-state index is 13.2. The molecule has 2 aromatic carbocycles. The van der Waals surface area contributed by atoms with Crippen LogP contribution in [0.25, 0.3) is 21.3 Å². The average Bonchev–Trinajstić information content (AvgIpc) is 3.12. The minimum absolute atomic E-state index is 0.126. The van der Waals surface area contributed by atoms with Gasteiger partial charge < -0.3 is 5.32 Å². The number of aromatic nitrogens is 2. The van der Waals surface area contributed by atoms with Crippen LogP contribution in [0, 0.1) is 19.7 Å². The van der Waals surface area contributed by atoms with Gasteiger partial charge in [0.25, 0.3) is 5.56 Å². The molecule has 0 bridgehead atoms. The lowest BCUT2D eigenvalue weighted by Crippen LogP contribution is -2.27. The lowest BCUT2D eigenvalue weighted by atomic mass is 10.1. The predicted octanol–water partition coefficient (Wildman–Crippen LogP) is 4.52. The van der Waals surface area contributed by atoms with Crippen LogP contribution in [0.3, 0.4) is 0 Å². The molecule has 0 saturated carbocycles. The number of nitrogens with one attached hydrogen (secondary N) is 1. The van der Waals surface area contributed by atoms with Crippen molar-refractivity contribution >= 4 is 33.1 Å². The molecule has 0 aliphatic heterocycles. The van der Waals surface area contributed by atoms with Crippen molar-refractivity contribution in [2.24, 2.45) is 0 Å². The maximum Gasteiger partial charge on any atom is 0.271 e. The van der Waals surface area contributed by atoms with E-state index in [4.69, 9.17) is 0 Å².